The lowest BCUT2D eigenvalue weighted by Gasteiger charge is -2.34. The first-order valence-corrected chi connectivity index (χ1v) is 8.98. The number of hydrogen-bond donors (Lipinski definition) is 0. The van der Waals surface area contributed by atoms with Crippen LogP contribution in [-0.4, -0.2) is 23.8 Å². The summed E-state index contributed by atoms with van der Waals surface area (Å²) in [4.78, 5) is -0.522. The lowest BCUT2D eigenvalue weighted by molar-refractivity contribution is -0.137. The third kappa shape index (κ3) is 2.82. The minimum atomic E-state index is -4.64. The molecule has 0 aliphatic carbocycles. The number of alkyl halides is 3. The quantitative estimate of drug-likeness (QED) is 0.794. The summed E-state index contributed by atoms with van der Waals surface area (Å²) in [5, 5.41) is -0.226. The molecule has 1 aliphatic rings. The van der Waals surface area contributed by atoms with Gasteiger partial charge in [0.25, 0.3) is 0 Å². The van der Waals surface area contributed by atoms with E-state index in [9.17, 15) is 21.6 Å². The number of sulfonamides is 1. The molecule has 24 heavy (non-hydrogen) atoms. The maximum Gasteiger partial charge on any atom is 0.416 e. The van der Waals surface area contributed by atoms with Gasteiger partial charge in [0.1, 0.15) is 4.90 Å². The molecule has 1 atom stereocenters. The Bertz CT molecular complexity index is 877. The number of aromatic nitrogens is 1. The van der Waals surface area contributed by atoms with E-state index in [0.717, 1.165) is 17.8 Å². The Labute approximate surface area is 142 Å². The van der Waals surface area contributed by atoms with E-state index < -0.39 is 32.7 Å². The van der Waals surface area contributed by atoms with Crippen molar-refractivity contribution in [2.24, 2.45) is 0 Å². The zero-order chi connectivity index (χ0) is 17.7. The Balaban J connectivity index is 2.06. The Kier molecular flexibility index (Phi) is 4.17. The highest BCUT2D eigenvalue weighted by Crippen LogP contribution is 2.37. The van der Waals surface area contributed by atoms with E-state index in [-0.39, 0.29) is 11.6 Å². The summed E-state index contributed by atoms with van der Waals surface area (Å²) >= 11 is 5.90. The fraction of sp³-hybridized carbons (Fsp3) is 0.333. The first kappa shape index (κ1) is 17.3. The smallest absolute Gasteiger partial charge is 0.349 e. The molecule has 2 aromatic rings. The predicted molar refractivity (Wildman–Crippen MR) is 83.2 cm³/mol. The first-order chi connectivity index (χ1) is 11.1. The standard InChI is InChI=1S/C15H14ClF3N2O2S/c1-10-13-3-2-6-20(13)7-8-21(10)24(22,23)14-9-11(15(17,18)19)4-5-12(14)16/h2-6,9-10H,7-8H2,1H3/t10-/m0/s1. The maximum absolute atomic E-state index is 12.9. The molecule has 0 spiro atoms. The summed E-state index contributed by atoms with van der Waals surface area (Å²) in [6.07, 6.45) is -2.80. The highest BCUT2D eigenvalue weighted by molar-refractivity contribution is 7.89. The van der Waals surface area contributed by atoms with Crippen LogP contribution in [-0.2, 0) is 22.7 Å². The molecule has 3 rings (SSSR count). The molecule has 1 aromatic heterocycles. The van der Waals surface area contributed by atoms with Crippen molar-refractivity contribution in [3.8, 4) is 0 Å². The van der Waals surface area contributed by atoms with Crippen molar-refractivity contribution in [3.05, 3.63) is 52.8 Å². The van der Waals surface area contributed by atoms with E-state index in [1.54, 1.807) is 19.1 Å². The lowest BCUT2D eigenvalue weighted by Crippen LogP contribution is -2.40. The predicted octanol–water partition coefficient (Wildman–Crippen LogP) is 3.93. The van der Waals surface area contributed by atoms with Gasteiger partial charge in [-0.2, -0.15) is 17.5 Å². The summed E-state index contributed by atoms with van der Waals surface area (Å²) in [5.74, 6) is 0. The third-order valence-corrected chi connectivity index (χ3v) is 6.58. The third-order valence-electron chi connectivity index (χ3n) is 4.13. The van der Waals surface area contributed by atoms with Gasteiger partial charge in [0.05, 0.1) is 16.6 Å². The van der Waals surface area contributed by atoms with Crippen LogP contribution in [0, 0.1) is 0 Å². The topological polar surface area (TPSA) is 42.3 Å². The van der Waals surface area contributed by atoms with Crippen molar-refractivity contribution in [1.82, 2.24) is 8.87 Å². The molecule has 0 amide bonds. The average Bonchev–Trinajstić information content (AvgIpc) is 2.95. The van der Waals surface area contributed by atoms with Gasteiger partial charge in [-0.15, -0.1) is 0 Å². The summed E-state index contributed by atoms with van der Waals surface area (Å²) < 4.78 is 67.6. The van der Waals surface area contributed by atoms with Gasteiger partial charge >= 0.3 is 6.18 Å². The van der Waals surface area contributed by atoms with E-state index in [2.05, 4.69) is 0 Å². The number of hydrogen-bond acceptors (Lipinski definition) is 2. The van der Waals surface area contributed by atoms with Crippen LogP contribution in [0.5, 0.6) is 0 Å². The van der Waals surface area contributed by atoms with Gasteiger partial charge in [0.15, 0.2) is 0 Å². The van der Waals surface area contributed by atoms with Crippen LogP contribution in [0.1, 0.15) is 24.2 Å². The second-order valence-electron chi connectivity index (χ2n) is 5.56. The highest BCUT2D eigenvalue weighted by atomic mass is 35.5. The van der Waals surface area contributed by atoms with Crippen LogP contribution in [0.25, 0.3) is 0 Å². The number of fused-ring (bicyclic) bond motifs is 1. The van der Waals surface area contributed by atoms with Crippen LogP contribution in [0.15, 0.2) is 41.4 Å². The van der Waals surface area contributed by atoms with E-state index >= 15 is 0 Å². The van der Waals surface area contributed by atoms with Crippen LogP contribution in [0.2, 0.25) is 5.02 Å². The summed E-state index contributed by atoms with van der Waals surface area (Å²) in [6.45, 7) is 2.30. The lowest BCUT2D eigenvalue weighted by atomic mass is 10.2. The van der Waals surface area contributed by atoms with Gasteiger partial charge in [-0.05, 0) is 37.3 Å². The van der Waals surface area contributed by atoms with E-state index in [1.807, 2.05) is 10.8 Å². The van der Waals surface area contributed by atoms with Gasteiger partial charge < -0.3 is 4.57 Å². The van der Waals surface area contributed by atoms with Crippen molar-refractivity contribution in [2.75, 3.05) is 6.54 Å². The second kappa shape index (κ2) is 5.79. The molecule has 1 aliphatic heterocycles. The van der Waals surface area contributed by atoms with E-state index in [4.69, 9.17) is 11.6 Å². The Morgan fingerprint density at radius 3 is 2.58 bits per heavy atom. The largest absolute Gasteiger partial charge is 0.416 e. The van der Waals surface area contributed by atoms with E-state index in [0.29, 0.717) is 12.6 Å². The fourth-order valence-corrected chi connectivity index (χ4v) is 4.99. The van der Waals surface area contributed by atoms with Gasteiger partial charge in [0.2, 0.25) is 10.0 Å². The number of nitrogens with zero attached hydrogens (tertiary/aromatic N) is 2. The monoisotopic (exact) mass is 378 g/mol. The molecule has 0 saturated heterocycles. The molecule has 2 heterocycles. The van der Waals surface area contributed by atoms with Crippen LogP contribution >= 0.6 is 11.6 Å². The van der Waals surface area contributed by atoms with Crippen LogP contribution in [0.4, 0.5) is 13.2 Å². The molecule has 130 valence electrons. The van der Waals surface area contributed by atoms with Gasteiger partial charge in [-0.1, -0.05) is 11.6 Å². The zero-order valence-corrected chi connectivity index (χ0v) is 14.2. The molecular formula is C15H14ClF3N2O2S. The van der Waals surface area contributed by atoms with Gasteiger partial charge in [-0.25, -0.2) is 8.42 Å². The SMILES string of the molecule is C[C@H]1c2cccn2CCN1S(=O)(=O)c1cc(C(F)(F)F)ccc1Cl. The Hall–Kier alpha value is -1.51. The van der Waals surface area contributed by atoms with Crippen LogP contribution < -0.4 is 0 Å². The van der Waals surface area contributed by atoms with Crippen molar-refractivity contribution < 1.29 is 21.6 Å². The van der Waals surface area contributed by atoms with Crippen LogP contribution in [0.3, 0.4) is 0 Å². The number of halogens is 4. The average molecular weight is 379 g/mol. The Morgan fingerprint density at radius 2 is 1.92 bits per heavy atom. The molecule has 1 aromatic carbocycles. The molecule has 0 radical (unpaired) electrons. The minimum Gasteiger partial charge on any atom is -0.349 e. The molecule has 0 bridgehead atoms. The second-order valence-corrected chi connectivity index (χ2v) is 7.83. The minimum absolute atomic E-state index is 0.164. The van der Waals surface area contributed by atoms with Gasteiger partial charge in [-0.3, -0.25) is 0 Å². The summed E-state index contributed by atoms with van der Waals surface area (Å²) in [6, 6.07) is 5.43. The maximum atomic E-state index is 12.9. The van der Waals surface area contributed by atoms with E-state index in [1.165, 1.54) is 4.31 Å². The zero-order valence-electron chi connectivity index (χ0n) is 12.6. The summed E-state index contributed by atoms with van der Waals surface area (Å²) in [7, 11) is -4.16. The Morgan fingerprint density at radius 1 is 1.21 bits per heavy atom. The number of benzene rings is 1. The molecule has 4 nitrogen and oxygen atoms in total. The molecular weight excluding hydrogens is 365 g/mol. The molecule has 0 saturated carbocycles. The van der Waals surface area contributed by atoms with Crippen molar-refractivity contribution in [2.45, 2.75) is 30.6 Å². The first-order valence-electron chi connectivity index (χ1n) is 7.16. The summed E-state index contributed by atoms with van der Waals surface area (Å²) in [5.41, 5.74) is -0.258. The number of rotatable bonds is 2. The molecule has 9 heteroatoms. The van der Waals surface area contributed by atoms with Crippen molar-refractivity contribution in [3.63, 3.8) is 0 Å². The molecule has 0 N–H and O–H groups in total. The van der Waals surface area contributed by atoms with Crippen molar-refractivity contribution >= 4 is 21.6 Å². The highest BCUT2D eigenvalue weighted by Gasteiger charge is 2.37. The van der Waals surface area contributed by atoms with Crippen molar-refractivity contribution in [1.29, 1.82) is 0 Å². The normalized spacial score (nSPS) is 19.3. The fourth-order valence-electron chi connectivity index (χ4n) is 2.89. The van der Waals surface area contributed by atoms with Gasteiger partial charge in [0, 0.05) is 25.0 Å². The molecule has 0 unspecified atom stereocenters. The molecule has 0 fully saturated rings.